The van der Waals surface area contributed by atoms with Crippen molar-refractivity contribution in [2.24, 2.45) is 0 Å². The van der Waals surface area contributed by atoms with Crippen LogP contribution in [-0.2, 0) is 4.79 Å². The number of halogens is 2. The van der Waals surface area contributed by atoms with Crippen LogP contribution in [0, 0.1) is 5.82 Å². The zero-order chi connectivity index (χ0) is 21.0. The molecule has 3 aromatic rings. The van der Waals surface area contributed by atoms with Crippen LogP contribution < -0.4 is 5.32 Å². The van der Waals surface area contributed by atoms with Gasteiger partial charge in [-0.15, -0.1) is 0 Å². The van der Waals surface area contributed by atoms with Crippen molar-refractivity contribution in [3.8, 4) is 16.9 Å². The maximum Gasteiger partial charge on any atom is 0.352 e. The molecule has 0 saturated heterocycles. The number of nitrogens with one attached hydrogen (secondary N) is 1. The van der Waals surface area contributed by atoms with Crippen molar-refractivity contribution in [2.45, 2.75) is 0 Å². The fourth-order valence-corrected chi connectivity index (χ4v) is 2.93. The summed E-state index contributed by atoms with van der Waals surface area (Å²) in [6.45, 7) is 0. The van der Waals surface area contributed by atoms with Gasteiger partial charge in [0.05, 0.1) is 5.56 Å². The number of carbonyl (C=O) groups is 2. The number of phenols is 1. The Hall–Kier alpha value is -3.64. The van der Waals surface area contributed by atoms with Crippen molar-refractivity contribution in [3.63, 3.8) is 0 Å². The largest absolute Gasteiger partial charge is 0.507 e. The van der Waals surface area contributed by atoms with Crippen molar-refractivity contribution in [3.05, 3.63) is 94.4 Å². The standard InChI is InChI=1S/C22H15ClFNO4/c23-17-7-3-1-5-14(17)16-11-13(9-10-18(16)24)12-19(22(28)29)25-21(27)15-6-2-4-8-20(15)26/h1-12,26H,(H,25,27)(H,28,29)/b19-12+. The van der Waals surface area contributed by atoms with Crippen LogP contribution >= 0.6 is 11.6 Å². The smallest absolute Gasteiger partial charge is 0.352 e. The first kappa shape index (κ1) is 20.1. The van der Waals surface area contributed by atoms with Crippen molar-refractivity contribution < 1.29 is 24.2 Å². The molecule has 1 amide bonds. The Balaban J connectivity index is 1.97. The number of carboxylic acid groups (broad SMARTS) is 1. The molecule has 0 aliphatic rings. The number of amides is 1. The molecule has 0 radical (unpaired) electrons. The third-order valence-electron chi connectivity index (χ3n) is 4.09. The van der Waals surface area contributed by atoms with Gasteiger partial charge in [-0.1, -0.05) is 48.0 Å². The highest BCUT2D eigenvalue weighted by atomic mass is 35.5. The molecule has 29 heavy (non-hydrogen) atoms. The lowest BCUT2D eigenvalue weighted by Gasteiger charge is -2.09. The zero-order valence-electron chi connectivity index (χ0n) is 14.9. The number of para-hydroxylation sites is 1. The lowest BCUT2D eigenvalue weighted by Crippen LogP contribution is -2.27. The minimum Gasteiger partial charge on any atom is -0.507 e. The second kappa shape index (κ2) is 8.58. The average Bonchev–Trinajstić information content (AvgIpc) is 2.69. The summed E-state index contributed by atoms with van der Waals surface area (Å²) in [7, 11) is 0. The number of aliphatic carboxylic acids is 1. The molecular weight excluding hydrogens is 397 g/mol. The van der Waals surface area contributed by atoms with Gasteiger partial charge in [-0.25, -0.2) is 9.18 Å². The highest BCUT2D eigenvalue weighted by molar-refractivity contribution is 6.33. The van der Waals surface area contributed by atoms with E-state index in [1.165, 1.54) is 48.5 Å². The lowest BCUT2D eigenvalue weighted by atomic mass is 10.0. The van der Waals surface area contributed by atoms with Gasteiger partial charge in [0.25, 0.3) is 5.91 Å². The Morgan fingerprint density at radius 3 is 2.34 bits per heavy atom. The summed E-state index contributed by atoms with van der Waals surface area (Å²) >= 11 is 6.13. The number of benzene rings is 3. The highest BCUT2D eigenvalue weighted by Crippen LogP contribution is 2.30. The molecule has 3 N–H and O–H groups in total. The lowest BCUT2D eigenvalue weighted by molar-refractivity contribution is -0.132. The van der Waals surface area contributed by atoms with Crippen molar-refractivity contribution in [2.75, 3.05) is 0 Å². The van der Waals surface area contributed by atoms with Crippen LogP contribution in [-0.4, -0.2) is 22.1 Å². The summed E-state index contributed by atoms with van der Waals surface area (Å²) in [6, 6.07) is 16.4. The van der Waals surface area contributed by atoms with Crippen molar-refractivity contribution in [1.82, 2.24) is 5.32 Å². The van der Waals surface area contributed by atoms with E-state index in [2.05, 4.69) is 5.32 Å². The van der Waals surface area contributed by atoms with Crippen LogP contribution in [0.1, 0.15) is 15.9 Å². The molecule has 0 spiro atoms. The predicted octanol–water partition coefficient (Wildman–Crippen LogP) is 4.71. The van der Waals surface area contributed by atoms with Crippen LogP contribution in [0.15, 0.2) is 72.4 Å². The molecule has 5 nitrogen and oxygen atoms in total. The zero-order valence-corrected chi connectivity index (χ0v) is 15.7. The summed E-state index contributed by atoms with van der Waals surface area (Å²) < 4.78 is 14.3. The van der Waals surface area contributed by atoms with E-state index < -0.39 is 23.4 Å². The molecule has 0 aliphatic heterocycles. The fraction of sp³-hybridized carbons (Fsp3) is 0. The molecule has 0 atom stereocenters. The van der Waals surface area contributed by atoms with Gasteiger partial charge in [-0.05, 0) is 42.0 Å². The Bertz CT molecular complexity index is 1130. The molecule has 7 heteroatoms. The Morgan fingerprint density at radius 1 is 0.966 bits per heavy atom. The van der Waals surface area contributed by atoms with Crippen LogP contribution in [0.2, 0.25) is 5.02 Å². The molecule has 0 aromatic heterocycles. The van der Waals surface area contributed by atoms with Crippen LogP contribution in [0.3, 0.4) is 0 Å². The Morgan fingerprint density at radius 2 is 1.66 bits per heavy atom. The van der Waals surface area contributed by atoms with Gasteiger partial charge < -0.3 is 15.5 Å². The van der Waals surface area contributed by atoms with Gasteiger partial charge in [0.15, 0.2) is 0 Å². The van der Waals surface area contributed by atoms with Crippen LogP contribution in [0.5, 0.6) is 5.75 Å². The second-order valence-corrected chi connectivity index (χ2v) is 6.46. The third kappa shape index (κ3) is 4.62. The number of hydrogen-bond donors (Lipinski definition) is 3. The number of hydrogen-bond acceptors (Lipinski definition) is 3. The molecule has 3 aromatic carbocycles. The van der Waals surface area contributed by atoms with Gasteiger partial charge in [-0.2, -0.15) is 0 Å². The minimum atomic E-state index is -1.39. The Kier molecular flexibility index (Phi) is 5.95. The summed E-state index contributed by atoms with van der Waals surface area (Å²) in [5.41, 5.74) is 0.486. The quantitative estimate of drug-likeness (QED) is 0.531. The Labute approximate surface area is 170 Å². The monoisotopic (exact) mass is 411 g/mol. The molecule has 0 bridgehead atoms. The normalized spacial score (nSPS) is 11.2. The number of phenolic OH excluding ortho intramolecular Hbond substituents is 1. The van der Waals surface area contributed by atoms with Crippen molar-refractivity contribution in [1.29, 1.82) is 0 Å². The number of aromatic hydroxyl groups is 1. The molecule has 146 valence electrons. The van der Waals surface area contributed by atoms with Gasteiger partial charge in [0, 0.05) is 16.1 Å². The molecule has 0 heterocycles. The molecule has 0 fully saturated rings. The topological polar surface area (TPSA) is 86.6 Å². The molecule has 0 unspecified atom stereocenters. The van der Waals surface area contributed by atoms with Crippen LogP contribution in [0.4, 0.5) is 4.39 Å². The molecule has 0 saturated carbocycles. The van der Waals surface area contributed by atoms with E-state index in [4.69, 9.17) is 11.6 Å². The highest BCUT2D eigenvalue weighted by Gasteiger charge is 2.16. The molecular formula is C22H15ClFNO4. The fourth-order valence-electron chi connectivity index (χ4n) is 2.69. The third-order valence-corrected chi connectivity index (χ3v) is 4.42. The SMILES string of the molecule is O=C(O)/C(=C\c1ccc(F)c(-c2ccccc2Cl)c1)NC(=O)c1ccccc1O. The van der Waals surface area contributed by atoms with Gasteiger partial charge in [-0.3, -0.25) is 4.79 Å². The van der Waals surface area contributed by atoms with Crippen LogP contribution in [0.25, 0.3) is 17.2 Å². The maximum absolute atomic E-state index is 14.3. The first-order valence-corrected chi connectivity index (χ1v) is 8.83. The molecule has 0 aliphatic carbocycles. The van der Waals surface area contributed by atoms with Crippen molar-refractivity contribution >= 4 is 29.6 Å². The van der Waals surface area contributed by atoms with Gasteiger partial charge >= 0.3 is 5.97 Å². The van der Waals surface area contributed by atoms with E-state index in [1.54, 1.807) is 24.3 Å². The first-order chi connectivity index (χ1) is 13.9. The summed E-state index contributed by atoms with van der Waals surface area (Å²) in [4.78, 5) is 23.9. The summed E-state index contributed by atoms with van der Waals surface area (Å²) in [5.74, 6) is -2.98. The maximum atomic E-state index is 14.3. The van der Waals surface area contributed by atoms with Gasteiger partial charge in [0.1, 0.15) is 17.3 Å². The van der Waals surface area contributed by atoms with E-state index in [0.29, 0.717) is 16.1 Å². The minimum absolute atomic E-state index is 0.0736. The number of carboxylic acids is 1. The van der Waals surface area contributed by atoms with E-state index >= 15 is 0 Å². The van der Waals surface area contributed by atoms with E-state index in [-0.39, 0.29) is 16.9 Å². The predicted molar refractivity (Wildman–Crippen MR) is 108 cm³/mol. The number of carbonyl (C=O) groups excluding carboxylic acids is 1. The number of rotatable bonds is 5. The van der Waals surface area contributed by atoms with E-state index in [0.717, 1.165) is 0 Å². The van der Waals surface area contributed by atoms with E-state index in [9.17, 15) is 24.2 Å². The molecule has 3 rings (SSSR count). The second-order valence-electron chi connectivity index (χ2n) is 6.05. The average molecular weight is 412 g/mol. The van der Waals surface area contributed by atoms with Gasteiger partial charge in [0.2, 0.25) is 0 Å². The summed E-state index contributed by atoms with van der Waals surface area (Å²) in [6.07, 6.45) is 1.19. The summed E-state index contributed by atoms with van der Waals surface area (Å²) in [5, 5.41) is 21.8. The van der Waals surface area contributed by atoms with E-state index in [1.807, 2.05) is 0 Å². The first-order valence-electron chi connectivity index (χ1n) is 8.45.